The summed E-state index contributed by atoms with van der Waals surface area (Å²) in [5.41, 5.74) is 2.91. The molecule has 1 aromatic carbocycles. The van der Waals surface area contributed by atoms with Gasteiger partial charge in [0, 0.05) is 18.3 Å². The molecule has 0 bridgehead atoms. The molecule has 5 rings (SSSR count). The van der Waals surface area contributed by atoms with Crippen LogP contribution in [0.15, 0.2) is 36.9 Å². The number of hydrogen-bond acceptors (Lipinski definition) is 5. The fraction of sp³-hybridized carbons (Fsp3) is 0.333. The van der Waals surface area contributed by atoms with Crippen LogP contribution in [0.1, 0.15) is 35.5 Å². The molecule has 3 aromatic heterocycles. The third kappa shape index (κ3) is 3.98. The highest BCUT2D eigenvalue weighted by molar-refractivity contribution is 5.84. The number of rotatable bonds is 5. The minimum atomic E-state index is -4.62. The fourth-order valence-corrected chi connectivity index (χ4v) is 4.37. The van der Waals surface area contributed by atoms with Gasteiger partial charge in [0.2, 0.25) is 0 Å². The summed E-state index contributed by atoms with van der Waals surface area (Å²) in [6.45, 7) is 0.509. The van der Waals surface area contributed by atoms with Gasteiger partial charge in [-0.3, -0.25) is 0 Å². The van der Waals surface area contributed by atoms with Crippen molar-refractivity contribution < 1.29 is 17.9 Å². The van der Waals surface area contributed by atoms with E-state index in [1.807, 2.05) is 10.6 Å². The molecule has 0 spiro atoms. The maximum absolute atomic E-state index is 13.9. The summed E-state index contributed by atoms with van der Waals surface area (Å²) in [7, 11) is 1.75. The first kappa shape index (κ1) is 21.9. The smallest absolute Gasteiger partial charge is 0.419 e. The molecule has 0 saturated heterocycles. The van der Waals surface area contributed by atoms with Crippen LogP contribution in [0.4, 0.5) is 13.2 Å². The lowest BCUT2D eigenvalue weighted by Crippen LogP contribution is -2.15. The lowest BCUT2D eigenvalue weighted by Gasteiger charge is -2.17. The molecule has 174 valence electrons. The molecule has 1 aliphatic rings. The van der Waals surface area contributed by atoms with E-state index < -0.39 is 11.7 Å². The molecule has 0 aliphatic heterocycles. The highest BCUT2D eigenvalue weighted by atomic mass is 19.4. The van der Waals surface area contributed by atoms with Gasteiger partial charge < -0.3 is 13.9 Å². The van der Waals surface area contributed by atoms with Gasteiger partial charge in [0.1, 0.15) is 23.9 Å². The van der Waals surface area contributed by atoms with E-state index in [-0.39, 0.29) is 29.3 Å². The van der Waals surface area contributed by atoms with Gasteiger partial charge in [-0.25, -0.2) is 15.0 Å². The molecule has 0 radical (unpaired) electrons. The number of aryl methyl sites for hydroxylation is 2. The first-order valence-corrected chi connectivity index (χ1v) is 10.9. The second-order valence-electron chi connectivity index (χ2n) is 8.29. The molecule has 10 heteroatoms. The minimum absolute atomic E-state index is 0.0608. The standard InChI is InChI=1S/C24H21F3N6O/c1-32-13-30-23-19(12-28)31-18(11-21(23)32)15-6-7-22(16(10-15)24(25,26)27)34-9-8-33-14-29-17-4-2-3-5-20(17)33/h6-7,10-11,13-14H,2-5,8-9H2,1H3. The van der Waals surface area contributed by atoms with E-state index >= 15 is 0 Å². The van der Waals surface area contributed by atoms with E-state index in [1.54, 1.807) is 24.0 Å². The number of fused-ring (bicyclic) bond motifs is 2. The van der Waals surface area contributed by atoms with Gasteiger partial charge in [-0.15, -0.1) is 0 Å². The van der Waals surface area contributed by atoms with E-state index in [4.69, 9.17) is 4.74 Å². The zero-order chi connectivity index (χ0) is 23.9. The summed E-state index contributed by atoms with van der Waals surface area (Å²) in [6, 6.07) is 7.44. The monoisotopic (exact) mass is 466 g/mol. The first-order chi connectivity index (χ1) is 16.3. The van der Waals surface area contributed by atoms with Gasteiger partial charge in [0.05, 0.1) is 41.7 Å². The number of nitriles is 1. The number of pyridine rings is 1. The van der Waals surface area contributed by atoms with Crippen molar-refractivity contribution in [2.24, 2.45) is 7.05 Å². The van der Waals surface area contributed by atoms with Crippen LogP contribution in [-0.4, -0.2) is 30.7 Å². The summed E-state index contributed by atoms with van der Waals surface area (Å²) in [5.74, 6) is -0.243. The Kier molecular flexibility index (Phi) is 5.48. The summed E-state index contributed by atoms with van der Waals surface area (Å²) >= 11 is 0. The maximum Gasteiger partial charge on any atom is 0.419 e. The molecule has 3 heterocycles. The van der Waals surface area contributed by atoms with Crippen molar-refractivity contribution in [3.63, 3.8) is 0 Å². The van der Waals surface area contributed by atoms with Gasteiger partial charge in [-0.05, 0) is 49.9 Å². The molecule has 7 nitrogen and oxygen atoms in total. The average Bonchev–Trinajstić information content (AvgIpc) is 3.41. The highest BCUT2D eigenvalue weighted by Crippen LogP contribution is 2.39. The molecular formula is C24H21F3N6O. The Morgan fingerprint density at radius 3 is 2.74 bits per heavy atom. The molecule has 0 saturated carbocycles. The van der Waals surface area contributed by atoms with Gasteiger partial charge in [0.25, 0.3) is 0 Å². The summed E-state index contributed by atoms with van der Waals surface area (Å²) < 4.78 is 50.9. The Hall–Kier alpha value is -3.87. The second kappa shape index (κ2) is 8.48. The second-order valence-corrected chi connectivity index (χ2v) is 8.29. The number of ether oxygens (including phenoxy) is 1. The third-order valence-electron chi connectivity index (χ3n) is 6.10. The van der Waals surface area contributed by atoms with Crippen molar-refractivity contribution in [2.45, 2.75) is 38.4 Å². The molecule has 0 unspecified atom stereocenters. The lowest BCUT2D eigenvalue weighted by atomic mass is 10.0. The number of nitrogens with zero attached hydrogens (tertiary/aromatic N) is 6. The molecule has 34 heavy (non-hydrogen) atoms. The van der Waals surface area contributed by atoms with Gasteiger partial charge in [-0.1, -0.05) is 0 Å². The number of aromatic nitrogens is 5. The maximum atomic E-state index is 13.9. The van der Waals surface area contributed by atoms with E-state index in [9.17, 15) is 18.4 Å². The van der Waals surface area contributed by atoms with Crippen molar-refractivity contribution in [2.75, 3.05) is 6.61 Å². The van der Waals surface area contributed by atoms with Crippen LogP contribution in [0.3, 0.4) is 0 Å². The van der Waals surface area contributed by atoms with Crippen molar-refractivity contribution in [3.05, 3.63) is 59.6 Å². The molecule has 0 atom stereocenters. The largest absolute Gasteiger partial charge is 0.491 e. The number of hydrogen-bond donors (Lipinski definition) is 0. The highest BCUT2D eigenvalue weighted by Gasteiger charge is 2.35. The van der Waals surface area contributed by atoms with Crippen molar-refractivity contribution in [3.8, 4) is 23.1 Å². The molecule has 0 N–H and O–H groups in total. The fourth-order valence-electron chi connectivity index (χ4n) is 4.37. The lowest BCUT2D eigenvalue weighted by molar-refractivity contribution is -0.138. The summed E-state index contributed by atoms with van der Waals surface area (Å²) in [4.78, 5) is 12.8. The van der Waals surface area contributed by atoms with E-state index in [0.29, 0.717) is 17.6 Å². The van der Waals surface area contributed by atoms with Gasteiger partial charge in [-0.2, -0.15) is 18.4 Å². The molecule has 4 aromatic rings. The van der Waals surface area contributed by atoms with Crippen LogP contribution in [-0.2, 0) is 32.6 Å². The number of halogens is 3. The van der Waals surface area contributed by atoms with E-state index in [2.05, 4.69) is 15.0 Å². The summed E-state index contributed by atoms with van der Waals surface area (Å²) in [6.07, 6.45) is 2.72. The Balaban J connectivity index is 1.43. The van der Waals surface area contributed by atoms with Crippen LogP contribution < -0.4 is 4.74 Å². The zero-order valence-electron chi connectivity index (χ0n) is 18.4. The molecule has 1 aliphatic carbocycles. The van der Waals surface area contributed by atoms with Gasteiger partial charge >= 0.3 is 6.18 Å². The van der Waals surface area contributed by atoms with Crippen molar-refractivity contribution >= 4 is 11.0 Å². The van der Waals surface area contributed by atoms with Crippen molar-refractivity contribution in [1.82, 2.24) is 24.1 Å². The Morgan fingerprint density at radius 2 is 1.94 bits per heavy atom. The first-order valence-electron chi connectivity index (χ1n) is 10.9. The topological polar surface area (TPSA) is 81.5 Å². The quantitative estimate of drug-likeness (QED) is 0.427. The Morgan fingerprint density at radius 1 is 1.12 bits per heavy atom. The van der Waals surface area contributed by atoms with E-state index in [1.165, 1.54) is 18.5 Å². The van der Waals surface area contributed by atoms with Crippen LogP contribution in [0.2, 0.25) is 0 Å². The minimum Gasteiger partial charge on any atom is -0.491 e. The molecular weight excluding hydrogens is 445 g/mol. The normalized spacial score (nSPS) is 13.6. The van der Waals surface area contributed by atoms with Crippen molar-refractivity contribution in [1.29, 1.82) is 5.26 Å². The average molecular weight is 466 g/mol. The van der Waals surface area contributed by atoms with Crippen LogP contribution in [0.5, 0.6) is 5.75 Å². The number of alkyl halides is 3. The van der Waals surface area contributed by atoms with Crippen LogP contribution in [0, 0.1) is 11.3 Å². The third-order valence-corrected chi connectivity index (χ3v) is 6.10. The predicted molar refractivity (Wildman–Crippen MR) is 118 cm³/mol. The summed E-state index contributed by atoms with van der Waals surface area (Å²) in [5, 5.41) is 9.43. The SMILES string of the molecule is Cn1cnc2c(C#N)nc(-c3ccc(OCCn4cnc5c4CCCC5)c(C(F)(F)F)c3)cc21. The van der Waals surface area contributed by atoms with Crippen LogP contribution in [0.25, 0.3) is 22.3 Å². The van der Waals surface area contributed by atoms with Gasteiger partial charge in [0.15, 0.2) is 5.69 Å². The molecule has 0 amide bonds. The Bertz CT molecular complexity index is 1410. The zero-order valence-corrected chi connectivity index (χ0v) is 18.4. The van der Waals surface area contributed by atoms with E-state index in [0.717, 1.165) is 43.1 Å². The number of benzene rings is 1. The predicted octanol–water partition coefficient (Wildman–Crippen LogP) is 4.68. The molecule has 0 fully saturated rings. The Labute approximate surface area is 193 Å². The number of imidazole rings is 2. The van der Waals surface area contributed by atoms with Crippen LogP contribution >= 0.6 is 0 Å².